The highest BCUT2D eigenvalue weighted by atomic mass is 16.6. The Kier molecular flexibility index (Phi) is 4.73. The molecule has 148 valence electrons. The van der Waals surface area contributed by atoms with Crippen molar-refractivity contribution in [1.82, 2.24) is 19.5 Å². The van der Waals surface area contributed by atoms with Crippen molar-refractivity contribution >= 4 is 17.0 Å². The number of hydrogen-bond acceptors (Lipinski definition) is 10. The predicted octanol–water partition coefficient (Wildman–Crippen LogP) is -0.539. The third-order valence-corrected chi connectivity index (χ3v) is 4.65. The van der Waals surface area contributed by atoms with Crippen LogP contribution < -0.4 is 5.32 Å². The molecule has 0 aliphatic carbocycles. The van der Waals surface area contributed by atoms with Gasteiger partial charge in [-0.25, -0.2) is 15.0 Å². The summed E-state index contributed by atoms with van der Waals surface area (Å²) < 4.78 is 6.99. The molecule has 0 spiro atoms. The summed E-state index contributed by atoms with van der Waals surface area (Å²) in [6.45, 7) is -0.122. The van der Waals surface area contributed by atoms with Crippen LogP contribution in [0.3, 0.4) is 0 Å². The monoisotopic (exact) mass is 389 g/mol. The first-order valence-electron chi connectivity index (χ1n) is 8.54. The van der Waals surface area contributed by atoms with Crippen LogP contribution in [0.4, 0.5) is 5.82 Å². The number of nitrogens with one attached hydrogen (secondary N) is 1. The third-order valence-electron chi connectivity index (χ3n) is 4.65. The van der Waals surface area contributed by atoms with Crippen LogP contribution in [0.1, 0.15) is 11.8 Å². The van der Waals surface area contributed by atoms with E-state index in [2.05, 4.69) is 20.3 Å². The molecule has 2 unspecified atom stereocenters. The van der Waals surface area contributed by atoms with E-state index < -0.39 is 31.1 Å². The molecule has 1 aliphatic heterocycles. The number of rotatable bonds is 5. The van der Waals surface area contributed by atoms with Crippen LogP contribution in [-0.2, 0) is 11.3 Å². The Morgan fingerprint density at radius 2 is 1.89 bits per heavy atom. The second-order valence-electron chi connectivity index (χ2n) is 6.45. The van der Waals surface area contributed by atoms with Gasteiger partial charge in [-0.2, -0.15) is 0 Å². The largest absolute Gasteiger partial charge is 0.504 e. The number of imidazole rings is 1. The number of phenols is 2. The van der Waals surface area contributed by atoms with Gasteiger partial charge in [0.25, 0.3) is 0 Å². The lowest BCUT2D eigenvalue weighted by molar-refractivity contribution is -0.0511. The Balaban J connectivity index is 1.59. The molecule has 2 aromatic heterocycles. The summed E-state index contributed by atoms with van der Waals surface area (Å²) in [4.78, 5) is 12.6. The van der Waals surface area contributed by atoms with Gasteiger partial charge in [-0.05, 0) is 17.7 Å². The van der Waals surface area contributed by atoms with Gasteiger partial charge in [-0.15, -0.1) is 0 Å². The van der Waals surface area contributed by atoms with Crippen molar-refractivity contribution in [2.24, 2.45) is 0 Å². The minimum absolute atomic E-state index is 0.203. The fourth-order valence-corrected chi connectivity index (χ4v) is 3.14. The Morgan fingerprint density at radius 1 is 1.07 bits per heavy atom. The van der Waals surface area contributed by atoms with Gasteiger partial charge in [0, 0.05) is 6.54 Å². The maximum atomic E-state index is 10.2. The Morgan fingerprint density at radius 3 is 2.61 bits per heavy atom. The second-order valence-corrected chi connectivity index (χ2v) is 6.45. The molecule has 28 heavy (non-hydrogen) atoms. The predicted molar refractivity (Wildman–Crippen MR) is 95.4 cm³/mol. The van der Waals surface area contributed by atoms with Gasteiger partial charge in [0.1, 0.15) is 24.6 Å². The number of benzene rings is 1. The number of phenolic OH excluding ortho intramolecular Hbond substituents is 2. The molecular formula is C17H19N5O6. The Bertz CT molecular complexity index is 995. The van der Waals surface area contributed by atoms with Crippen LogP contribution >= 0.6 is 0 Å². The number of hydrogen-bond donors (Lipinski definition) is 6. The molecule has 1 aliphatic rings. The number of aliphatic hydroxyl groups is 3. The lowest BCUT2D eigenvalue weighted by Crippen LogP contribution is -2.33. The van der Waals surface area contributed by atoms with Crippen LogP contribution in [-0.4, -0.2) is 70.0 Å². The minimum atomic E-state index is -1.25. The second kappa shape index (κ2) is 7.20. The molecule has 4 rings (SSSR count). The molecule has 3 aromatic rings. The summed E-state index contributed by atoms with van der Waals surface area (Å²) in [5, 5.41) is 51.5. The molecule has 6 N–H and O–H groups in total. The summed E-state index contributed by atoms with van der Waals surface area (Å²) in [6.07, 6.45) is -1.60. The van der Waals surface area contributed by atoms with E-state index in [9.17, 15) is 25.5 Å². The molecule has 0 radical (unpaired) electrons. The van der Waals surface area contributed by atoms with Gasteiger partial charge in [0.2, 0.25) is 0 Å². The van der Waals surface area contributed by atoms with Crippen LogP contribution in [0.5, 0.6) is 11.5 Å². The van der Waals surface area contributed by atoms with Crippen molar-refractivity contribution in [1.29, 1.82) is 0 Å². The highest BCUT2D eigenvalue weighted by Gasteiger charge is 2.44. The number of aromatic nitrogens is 4. The van der Waals surface area contributed by atoms with Gasteiger partial charge in [0.15, 0.2) is 34.7 Å². The van der Waals surface area contributed by atoms with Crippen LogP contribution in [0, 0.1) is 0 Å². The highest BCUT2D eigenvalue weighted by Crippen LogP contribution is 2.32. The Hall–Kier alpha value is -2.99. The molecule has 11 heteroatoms. The molecular weight excluding hydrogens is 370 g/mol. The van der Waals surface area contributed by atoms with Crippen molar-refractivity contribution in [3.8, 4) is 11.5 Å². The molecule has 4 atom stereocenters. The van der Waals surface area contributed by atoms with Crippen LogP contribution in [0.15, 0.2) is 30.9 Å². The third kappa shape index (κ3) is 3.10. The molecule has 0 bridgehead atoms. The van der Waals surface area contributed by atoms with Crippen molar-refractivity contribution in [3.05, 3.63) is 36.4 Å². The van der Waals surface area contributed by atoms with Crippen LogP contribution in [0.25, 0.3) is 11.2 Å². The summed E-state index contributed by atoms with van der Waals surface area (Å²) in [5.74, 6) is -0.00533. The van der Waals surface area contributed by atoms with E-state index >= 15 is 0 Å². The summed E-state index contributed by atoms with van der Waals surface area (Å²) in [5.41, 5.74) is 1.51. The molecule has 3 heterocycles. The van der Waals surface area contributed by atoms with Gasteiger partial charge >= 0.3 is 0 Å². The van der Waals surface area contributed by atoms with Crippen molar-refractivity contribution in [3.63, 3.8) is 0 Å². The average Bonchev–Trinajstić information content (AvgIpc) is 3.24. The van der Waals surface area contributed by atoms with E-state index in [1.54, 1.807) is 6.07 Å². The van der Waals surface area contributed by atoms with E-state index in [4.69, 9.17) is 4.74 Å². The molecule has 1 fully saturated rings. The molecule has 0 amide bonds. The molecule has 1 saturated heterocycles. The van der Waals surface area contributed by atoms with Crippen molar-refractivity contribution in [2.75, 3.05) is 11.9 Å². The van der Waals surface area contributed by atoms with Gasteiger partial charge in [0.05, 0.1) is 12.9 Å². The average molecular weight is 389 g/mol. The van der Waals surface area contributed by atoms with Crippen LogP contribution in [0.2, 0.25) is 0 Å². The van der Waals surface area contributed by atoms with Gasteiger partial charge < -0.3 is 35.6 Å². The normalized spacial score (nSPS) is 24.7. The SMILES string of the molecule is OC[C@H]1O[C@@H](n2cnc3c(NCc4ccc(O)c(O)c4)ncnc32)C(O)C1O. The first-order chi connectivity index (χ1) is 13.5. The number of aromatic hydroxyl groups is 2. The number of nitrogens with zero attached hydrogens (tertiary/aromatic N) is 4. The molecule has 1 aromatic carbocycles. The number of anilines is 1. The first kappa shape index (κ1) is 18.4. The topological polar surface area (TPSA) is 166 Å². The summed E-state index contributed by atoms with van der Waals surface area (Å²) >= 11 is 0. The van der Waals surface area contributed by atoms with Gasteiger partial charge in [-0.1, -0.05) is 6.07 Å². The van der Waals surface area contributed by atoms with Crippen molar-refractivity contribution < 1.29 is 30.3 Å². The maximum Gasteiger partial charge on any atom is 0.167 e. The van der Waals surface area contributed by atoms with E-state index in [0.29, 0.717) is 29.1 Å². The zero-order valence-electron chi connectivity index (χ0n) is 14.5. The number of ether oxygens (including phenoxy) is 1. The zero-order valence-corrected chi connectivity index (χ0v) is 14.5. The minimum Gasteiger partial charge on any atom is -0.504 e. The van der Waals surface area contributed by atoms with Gasteiger partial charge in [-0.3, -0.25) is 4.57 Å². The Labute approximate surface area is 158 Å². The standard InChI is InChI=1S/C17H19N5O6/c23-5-11-13(26)14(27)17(28-11)22-7-21-12-15(19-6-20-16(12)22)18-4-8-1-2-9(24)10(25)3-8/h1-3,6-7,11,13-14,17,23-27H,4-5H2,(H,18,19,20)/t11-,13?,14?,17-/m1/s1. The summed E-state index contributed by atoms with van der Waals surface area (Å²) in [6, 6.07) is 4.47. The lowest BCUT2D eigenvalue weighted by atomic mass is 10.1. The molecule has 11 nitrogen and oxygen atoms in total. The lowest BCUT2D eigenvalue weighted by Gasteiger charge is -2.16. The zero-order chi connectivity index (χ0) is 19.8. The first-order valence-corrected chi connectivity index (χ1v) is 8.54. The number of fused-ring (bicyclic) bond motifs is 1. The highest BCUT2D eigenvalue weighted by molar-refractivity contribution is 5.82. The quantitative estimate of drug-likeness (QED) is 0.312. The summed E-state index contributed by atoms with van der Waals surface area (Å²) in [7, 11) is 0. The number of aliphatic hydroxyl groups excluding tert-OH is 3. The fourth-order valence-electron chi connectivity index (χ4n) is 3.14. The molecule has 0 saturated carbocycles. The fraction of sp³-hybridized carbons (Fsp3) is 0.353. The van der Waals surface area contributed by atoms with E-state index in [-0.39, 0.29) is 11.5 Å². The maximum absolute atomic E-state index is 10.2. The van der Waals surface area contributed by atoms with E-state index in [0.717, 1.165) is 0 Å². The van der Waals surface area contributed by atoms with E-state index in [1.165, 1.54) is 29.4 Å². The van der Waals surface area contributed by atoms with Crippen molar-refractivity contribution in [2.45, 2.75) is 31.1 Å². The smallest absolute Gasteiger partial charge is 0.167 e. The van der Waals surface area contributed by atoms with E-state index in [1.807, 2.05) is 0 Å².